The zero-order valence-corrected chi connectivity index (χ0v) is 10.6. The molecule has 1 aliphatic heterocycles. The Balaban J connectivity index is 2.23. The maximum absolute atomic E-state index is 12.3. The molecule has 0 spiro atoms. The van der Waals surface area contributed by atoms with Gasteiger partial charge in [0.15, 0.2) is 5.76 Å². The van der Waals surface area contributed by atoms with Crippen LogP contribution in [-0.2, 0) is 0 Å². The third-order valence-electron chi connectivity index (χ3n) is 3.15. The SMILES string of the molecule is Cc1ccoc1C(=O)N1CCCCC1C(N)=S. The molecule has 1 aromatic heterocycles. The van der Waals surface area contributed by atoms with Crippen molar-refractivity contribution in [2.75, 3.05) is 6.54 Å². The molecule has 1 fully saturated rings. The summed E-state index contributed by atoms with van der Waals surface area (Å²) in [6.45, 7) is 2.55. The highest BCUT2D eigenvalue weighted by atomic mass is 32.1. The predicted octanol–water partition coefficient (Wildman–Crippen LogP) is 1.87. The Morgan fingerprint density at radius 3 is 2.94 bits per heavy atom. The summed E-state index contributed by atoms with van der Waals surface area (Å²) in [5.74, 6) is 0.290. The van der Waals surface area contributed by atoms with Gasteiger partial charge in [-0.15, -0.1) is 0 Å². The van der Waals surface area contributed by atoms with E-state index in [9.17, 15) is 4.79 Å². The number of carbonyl (C=O) groups is 1. The van der Waals surface area contributed by atoms with Crippen LogP contribution < -0.4 is 5.73 Å². The van der Waals surface area contributed by atoms with Crippen LogP contribution in [0.1, 0.15) is 35.4 Å². The van der Waals surface area contributed by atoms with Gasteiger partial charge in [-0.3, -0.25) is 4.79 Å². The van der Waals surface area contributed by atoms with Crippen molar-refractivity contribution in [1.82, 2.24) is 4.90 Å². The molecule has 1 saturated heterocycles. The molecule has 0 aromatic carbocycles. The smallest absolute Gasteiger partial charge is 0.290 e. The van der Waals surface area contributed by atoms with E-state index in [0.717, 1.165) is 24.8 Å². The number of furan rings is 1. The Morgan fingerprint density at radius 2 is 2.35 bits per heavy atom. The molecule has 2 rings (SSSR count). The molecule has 92 valence electrons. The van der Waals surface area contributed by atoms with Gasteiger partial charge < -0.3 is 15.1 Å². The largest absolute Gasteiger partial charge is 0.459 e. The lowest BCUT2D eigenvalue weighted by atomic mass is 10.0. The van der Waals surface area contributed by atoms with Crippen molar-refractivity contribution in [3.05, 3.63) is 23.7 Å². The second-order valence-electron chi connectivity index (χ2n) is 4.35. The van der Waals surface area contributed by atoms with Gasteiger partial charge in [0.25, 0.3) is 5.91 Å². The Kier molecular flexibility index (Phi) is 3.47. The monoisotopic (exact) mass is 252 g/mol. The highest BCUT2D eigenvalue weighted by molar-refractivity contribution is 7.80. The van der Waals surface area contributed by atoms with E-state index in [4.69, 9.17) is 22.4 Å². The lowest BCUT2D eigenvalue weighted by molar-refractivity contribution is 0.0648. The average molecular weight is 252 g/mol. The van der Waals surface area contributed by atoms with Crippen molar-refractivity contribution in [2.45, 2.75) is 32.2 Å². The summed E-state index contributed by atoms with van der Waals surface area (Å²) < 4.78 is 5.23. The molecule has 1 atom stereocenters. The molecule has 17 heavy (non-hydrogen) atoms. The maximum Gasteiger partial charge on any atom is 0.290 e. The Hall–Kier alpha value is -1.36. The summed E-state index contributed by atoms with van der Waals surface area (Å²) in [7, 11) is 0. The molecule has 0 aliphatic carbocycles. The van der Waals surface area contributed by atoms with Crippen molar-refractivity contribution in [3.63, 3.8) is 0 Å². The third-order valence-corrected chi connectivity index (χ3v) is 3.42. The van der Waals surface area contributed by atoms with Crippen LogP contribution in [0.5, 0.6) is 0 Å². The van der Waals surface area contributed by atoms with Gasteiger partial charge in [0.1, 0.15) is 0 Å². The molecule has 1 amide bonds. The predicted molar refractivity (Wildman–Crippen MR) is 68.9 cm³/mol. The number of likely N-dealkylation sites (tertiary alicyclic amines) is 1. The highest BCUT2D eigenvalue weighted by Crippen LogP contribution is 2.21. The molecule has 0 bridgehead atoms. The number of nitrogens with two attached hydrogens (primary N) is 1. The second-order valence-corrected chi connectivity index (χ2v) is 4.82. The Labute approximate surface area is 106 Å². The van der Waals surface area contributed by atoms with Gasteiger partial charge in [0, 0.05) is 12.1 Å². The standard InChI is InChI=1S/C12H16N2O2S/c1-8-5-7-16-10(8)12(15)14-6-3-2-4-9(14)11(13)17/h5,7,9H,2-4,6H2,1H3,(H2,13,17). The van der Waals surface area contributed by atoms with Gasteiger partial charge in [-0.05, 0) is 32.3 Å². The van der Waals surface area contributed by atoms with Gasteiger partial charge in [0.2, 0.25) is 0 Å². The molecular formula is C12H16N2O2S. The number of aryl methyl sites for hydroxylation is 1. The molecule has 1 aliphatic rings. The molecule has 1 unspecified atom stereocenters. The van der Waals surface area contributed by atoms with E-state index in [2.05, 4.69) is 0 Å². The number of carbonyl (C=O) groups excluding carboxylic acids is 1. The quantitative estimate of drug-likeness (QED) is 0.816. The van der Waals surface area contributed by atoms with Gasteiger partial charge in [-0.25, -0.2) is 0 Å². The first-order valence-electron chi connectivity index (χ1n) is 5.75. The van der Waals surface area contributed by atoms with Crippen molar-refractivity contribution in [3.8, 4) is 0 Å². The number of piperidine rings is 1. The normalized spacial score (nSPS) is 20.3. The maximum atomic E-state index is 12.3. The first-order valence-corrected chi connectivity index (χ1v) is 6.16. The van der Waals surface area contributed by atoms with Crippen LogP contribution in [0.25, 0.3) is 0 Å². The van der Waals surface area contributed by atoms with Crippen molar-refractivity contribution >= 4 is 23.1 Å². The van der Waals surface area contributed by atoms with Crippen LogP contribution in [0.4, 0.5) is 0 Å². The summed E-state index contributed by atoms with van der Waals surface area (Å²) in [6, 6.07) is 1.66. The fraction of sp³-hybridized carbons (Fsp3) is 0.500. The fourth-order valence-corrected chi connectivity index (χ4v) is 2.44. The molecule has 2 heterocycles. The minimum absolute atomic E-state index is 0.106. The summed E-state index contributed by atoms with van der Waals surface area (Å²) in [5, 5.41) is 0. The number of hydrogen-bond donors (Lipinski definition) is 1. The van der Waals surface area contributed by atoms with E-state index in [1.54, 1.807) is 11.0 Å². The summed E-state index contributed by atoms with van der Waals surface area (Å²) in [6.07, 6.45) is 4.43. The highest BCUT2D eigenvalue weighted by Gasteiger charge is 2.31. The van der Waals surface area contributed by atoms with Crippen LogP contribution >= 0.6 is 12.2 Å². The summed E-state index contributed by atoms with van der Waals surface area (Å²) in [4.78, 5) is 14.4. The van der Waals surface area contributed by atoms with E-state index in [-0.39, 0.29) is 11.9 Å². The lowest BCUT2D eigenvalue weighted by Gasteiger charge is -2.34. The van der Waals surface area contributed by atoms with Crippen LogP contribution in [0.3, 0.4) is 0 Å². The van der Waals surface area contributed by atoms with Crippen LogP contribution in [0.2, 0.25) is 0 Å². The molecule has 4 nitrogen and oxygen atoms in total. The number of amides is 1. The van der Waals surface area contributed by atoms with E-state index < -0.39 is 0 Å². The molecule has 5 heteroatoms. The van der Waals surface area contributed by atoms with E-state index >= 15 is 0 Å². The zero-order valence-electron chi connectivity index (χ0n) is 9.81. The van der Waals surface area contributed by atoms with Crippen molar-refractivity contribution in [2.24, 2.45) is 5.73 Å². The van der Waals surface area contributed by atoms with Gasteiger partial charge >= 0.3 is 0 Å². The number of nitrogens with zero attached hydrogens (tertiary/aromatic N) is 1. The first kappa shape index (κ1) is 12.1. The molecular weight excluding hydrogens is 236 g/mol. The Bertz CT molecular complexity index is 441. The first-order chi connectivity index (χ1) is 8.11. The molecule has 0 saturated carbocycles. The minimum atomic E-state index is -0.129. The minimum Gasteiger partial charge on any atom is -0.459 e. The van der Waals surface area contributed by atoms with Gasteiger partial charge in [0.05, 0.1) is 17.3 Å². The molecule has 2 N–H and O–H groups in total. The third kappa shape index (κ3) is 2.34. The zero-order chi connectivity index (χ0) is 12.4. The number of hydrogen-bond acceptors (Lipinski definition) is 3. The molecule has 0 radical (unpaired) electrons. The van der Waals surface area contributed by atoms with Gasteiger partial charge in [-0.2, -0.15) is 0 Å². The number of thiocarbonyl (C=S) groups is 1. The van der Waals surface area contributed by atoms with E-state index in [1.165, 1.54) is 6.26 Å². The van der Waals surface area contributed by atoms with Crippen LogP contribution in [0.15, 0.2) is 16.7 Å². The van der Waals surface area contributed by atoms with Crippen LogP contribution in [0, 0.1) is 6.92 Å². The van der Waals surface area contributed by atoms with E-state index in [1.807, 2.05) is 6.92 Å². The van der Waals surface area contributed by atoms with Crippen molar-refractivity contribution in [1.29, 1.82) is 0 Å². The van der Waals surface area contributed by atoms with Gasteiger partial charge in [-0.1, -0.05) is 12.2 Å². The second kappa shape index (κ2) is 4.87. The average Bonchev–Trinajstić information content (AvgIpc) is 2.74. The number of rotatable bonds is 2. The van der Waals surface area contributed by atoms with Crippen LogP contribution in [-0.4, -0.2) is 28.4 Å². The Morgan fingerprint density at radius 1 is 1.59 bits per heavy atom. The summed E-state index contributed by atoms with van der Waals surface area (Å²) in [5.41, 5.74) is 6.54. The van der Waals surface area contributed by atoms with Crippen molar-refractivity contribution < 1.29 is 9.21 Å². The topological polar surface area (TPSA) is 59.5 Å². The molecule has 1 aromatic rings. The fourth-order valence-electron chi connectivity index (χ4n) is 2.19. The van der Waals surface area contributed by atoms with E-state index in [0.29, 0.717) is 17.3 Å². The lowest BCUT2D eigenvalue weighted by Crippen LogP contribution is -2.49. The summed E-state index contributed by atoms with van der Waals surface area (Å²) >= 11 is 5.03.